The van der Waals surface area contributed by atoms with Crippen LogP contribution >= 0.6 is 11.3 Å². The minimum absolute atomic E-state index is 0.0795. The van der Waals surface area contributed by atoms with Gasteiger partial charge >= 0.3 is 0 Å². The van der Waals surface area contributed by atoms with Gasteiger partial charge in [-0.1, -0.05) is 18.2 Å². The van der Waals surface area contributed by atoms with Crippen molar-refractivity contribution in [2.75, 3.05) is 19.8 Å². The number of likely N-dealkylation sites (tertiary alicyclic amines) is 1. The number of carbonyl (C=O) groups excluding carboxylic acids is 1. The third-order valence-electron chi connectivity index (χ3n) is 5.38. The van der Waals surface area contributed by atoms with E-state index >= 15 is 0 Å². The molecule has 5 nitrogen and oxygen atoms in total. The molecule has 1 atom stereocenters. The van der Waals surface area contributed by atoms with E-state index in [9.17, 15) is 4.79 Å². The molecule has 2 aliphatic rings. The van der Waals surface area contributed by atoms with Gasteiger partial charge in [-0.15, -0.1) is 11.3 Å². The van der Waals surface area contributed by atoms with Crippen molar-refractivity contribution >= 4 is 27.5 Å². The molecule has 2 aliphatic heterocycles. The first-order valence-corrected chi connectivity index (χ1v) is 10.6. The highest BCUT2D eigenvalue weighted by Gasteiger charge is 2.30. The average Bonchev–Trinajstić information content (AvgIpc) is 3.18. The second-order valence-corrected chi connectivity index (χ2v) is 8.34. The van der Waals surface area contributed by atoms with Crippen molar-refractivity contribution in [2.45, 2.75) is 31.7 Å². The molecule has 0 unspecified atom stereocenters. The van der Waals surface area contributed by atoms with E-state index in [0.29, 0.717) is 19.6 Å². The molecule has 6 heteroatoms. The summed E-state index contributed by atoms with van der Waals surface area (Å²) in [6.07, 6.45) is 3.54. The molecule has 1 aromatic heterocycles. The SMILES string of the molecule is O=C(Cc1ccc2c(c1)OCCO2)N1CCCC[C@@H]1c1nc2ccccc2s1. The first-order valence-electron chi connectivity index (χ1n) is 9.81. The number of para-hydroxylation sites is 1. The summed E-state index contributed by atoms with van der Waals surface area (Å²) >= 11 is 1.71. The number of amides is 1. The molecule has 0 aliphatic carbocycles. The molecule has 0 bridgehead atoms. The van der Waals surface area contributed by atoms with E-state index in [2.05, 4.69) is 6.07 Å². The van der Waals surface area contributed by atoms with Gasteiger partial charge in [0.15, 0.2) is 11.5 Å². The zero-order valence-electron chi connectivity index (χ0n) is 15.6. The Hall–Kier alpha value is -2.60. The number of fused-ring (bicyclic) bond motifs is 2. The number of hydrogen-bond acceptors (Lipinski definition) is 5. The van der Waals surface area contributed by atoms with E-state index in [1.54, 1.807) is 11.3 Å². The second-order valence-electron chi connectivity index (χ2n) is 7.27. The molecular weight excluding hydrogens is 372 g/mol. The minimum Gasteiger partial charge on any atom is -0.486 e. The fraction of sp³-hybridized carbons (Fsp3) is 0.364. The van der Waals surface area contributed by atoms with E-state index in [1.807, 2.05) is 41.3 Å². The van der Waals surface area contributed by atoms with Crippen molar-refractivity contribution in [2.24, 2.45) is 0 Å². The van der Waals surface area contributed by atoms with Gasteiger partial charge in [0, 0.05) is 6.54 Å². The lowest BCUT2D eigenvalue weighted by molar-refractivity contribution is -0.134. The quantitative estimate of drug-likeness (QED) is 0.662. The zero-order valence-corrected chi connectivity index (χ0v) is 16.4. The number of hydrogen-bond donors (Lipinski definition) is 0. The van der Waals surface area contributed by atoms with Gasteiger partial charge in [-0.25, -0.2) is 4.98 Å². The van der Waals surface area contributed by atoms with Gasteiger partial charge in [0.05, 0.1) is 22.7 Å². The van der Waals surface area contributed by atoms with Gasteiger partial charge in [-0.3, -0.25) is 4.79 Å². The molecule has 0 saturated carbocycles. The topological polar surface area (TPSA) is 51.7 Å². The molecule has 0 N–H and O–H groups in total. The van der Waals surface area contributed by atoms with Crippen molar-refractivity contribution in [1.82, 2.24) is 9.88 Å². The van der Waals surface area contributed by atoms with Crippen molar-refractivity contribution in [1.29, 1.82) is 0 Å². The third kappa shape index (κ3) is 3.33. The minimum atomic E-state index is 0.0795. The predicted molar refractivity (Wildman–Crippen MR) is 109 cm³/mol. The lowest BCUT2D eigenvalue weighted by Crippen LogP contribution is -2.39. The Balaban J connectivity index is 1.37. The van der Waals surface area contributed by atoms with Gasteiger partial charge in [-0.05, 0) is 49.1 Å². The molecular formula is C22H22N2O3S. The Bertz CT molecular complexity index is 983. The van der Waals surface area contributed by atoms with Crippen LogP contribution in [0.25, 0.3) is 10.2 Å². The molecule has 1 amide bonds. The summed E-state index contributed by atoms with van der Waals surface area (Å²) in [4.78, 5) is 20.0. The Labute approximate surface area is 167 Å². The van der Waals surface area contributed by atoms with Gasteiger partial charge in [0.1, 0.15) is 18.2 Å². The molecule has 3 aromatic rings. The summed E-state index contributed by atoms with van der Waals surface area (Å²) in [5, 5.41) is 1.05. The maximum Gasteiger partial charge on any atom is 0.227 e. The third-order valence-corrected chi connectivity index (χ3v) is 6.52. The van der Waals surface area contributed by atoms with Crippen LogP contribution in [0, 0.1) is 0 Å². The highest BCUT2D eigenvalue weighted by Crippen LogP contribution is 2.36. The first kappa shape index (κ1) is 17.5. The number of benzene rings is 2. The smallest absolute Gasteiger partial charge is 0.227 e. The number of rotatable bonds is 3. The maximum absolute atomic E-state index is 13.2. The maximum atomic E-state index is 13.2. The molecule has 144 valence electrons. The zero-order chi connectivity index (χ0) is 18.9. The molecule has 2 aromatic carbocycles. The monoisotopic (exact) mass is 394 g/mol. The molecule has 5 rings (SSSR count). The summed E-state index contributed by atoms with van der Waals surface area (Å²) in [6, 6.07) is 14.1. The predicted octanol–water partition coefficient (Wildman–Crippen LogP) is 4.36. The van der Waals surface area contributed by atoms with E-state index < -0.39 is 0 Å². The summed E-state index contributed by atoms with van der Waals surface area (Å²) < 4.78 is 12.4. The number of nitrogens with zero attached hydrogens (tertiary/aromatic N) is 2. The number of piperidine rings is 1. The Kier molecular flexibility index (Phi) is 4.64. The second kappa shape index (κ2) is 7.43. The van der Waals surface area contributed by atoms with Crippen LogP contribution in [-0.2, 0) is 11.2 Å². The lowest BCUT2D eigenvalue weighted by atomic mass is 10.0. The average molecular weight is 394 g/mol. The van der Waals surface area contributed by atoms with E-state index in [1.165, 1.54) is 4.70 Å². The van der Waals surface area contributed by atoms with Crippen LogP contribution < -0.4 is 9.47 Å². The highest BCUT2D eigenvalue weighted by molar-refractivity contribution is 7.18. The van der Waals surface area contributed by atoms with Crippen LogP contribution in [0.15, 0.2) is 42.5 Å². The Morgan fingerprint density at radius 1 is 1.11 bits per heavy atom. The van der Waals surface area contributed by atoms with Gasteiger partial charge in [0.2, 0.25) is 5.91 Å². The van der Waals surface area contributed by atoms with Crippen LogP contribution in [0.3, 0.4) is 0 Å². The standard InChI is InChI=1S/C22H22N2O3S/c25-21(14-15-8-9-18-19(13-15)27-12-11-26-18)24-10-4-3-6-17(24)22-23-16-5-1-2-7-20(16)28-22/h1-2,5,7-9,13,17H,3-4,6,10-12,14H2/t17-/m1/s1. The number of aromatic nitrogens is 1. The first-order chi connectivity index (χ1) is 13.8. The molecule has 3 heterocycles. The van der Waals surface area contributed by atoms with Gasteiger partial charge < -0.3 is 14.4 Å². The molecule has 1 saturated heterocycles. The van der Waals surface area contributed by atoms with E-state index in [0.717, 1.165) is 53.4 Å². The van der Waals surface area contributed by atoms with Crippen LogP contribution in [0.5, 0.6) is 11.5 Å². The number of ether oxygens (including phenoxy) is 2. The van der Waals surface area contributed by atoms with E-state index in [4.69, 9.17) is 14.5 Å². The Morgan fingerprint density at radius 2 is 1.96 bits per heavy atom. The Morgan fingerprint density at radius 3 is 2.86 bits per heavy atom. The van der Waals surface area contributed by atoms with Gasteiger partial charge in [0.25, 0.3) is 0 Å². The van der Waals surface area contributed by atoms with Crippen LogP contribution in [0.2, 0.25) is 0 Å². The normalized spacial score (nSPS) is 19.0. The summed E-state index contributed by atoms with van der Waals surface area (Å²) in [6.45, 7) is 1.92. The summed E-state index contributed by atoms with van der Waals surface area (Å²) in [5.74, 6) is 1.64. The van der Waals surface area contributed by atoms with E-state index in [-0.39, 0.29) is 11.9 Å². The van der Waals surface area contributed by atoms with Crippen molar-refractivity contribution < 1.29 is 14.3 Å². The molecule has 0 radical (unpaired) electrons. The summed E-state index contributed by atoms with van der Waals surface area (Å²) in [7, 11) is 0. The number of thiazole rings is 1. The lowest BCUT2D eigenvalue weighted by Gasteiger charge is -2.34. The van der Waals surface area contributed by atoms with Crippen LogP contribution in [0.4, 0.5) is 0 Å². The fourth-order valence-electron chi connectivity index (χ4n) is 3.99. The van der Waals surface area contributed by atoms with Crippen molar-refractivity contribution in [3.05, 3.63) is 53.0 Å². The van der Waals surface area contributed by atoms with Gasteiger partial charge in [-0.2, -0.15) is 0 Å². The molecule has 28 heavy (non-hydrogen) atoms. The molecule has 1 fully saturated rings. The van der Waals surface area contributed by atoms with Crippen LogP contribution in [-0.4, -0.2) is 35.5 Å². The highest BCUT2D eigenvalue weighted by atomic mass is 32.1. The molecule has 0 spiro atoms. The van der Waals surface area contributed by atoms with Crippen LogP contribution in [0.1, 0.15) is 35.9 Å². The number of carbonyl (C=O) groups is 1. The van der Waals surface area contributed by atoms with Crippen molar-refractivity contribution in [3.63, 3.8) is 0 Å². The fourth-order valence-corrected chi connectivity index (χ4v) is 5.11. The summed E-state index contributed by atoms with van der Waals surface area (Å²) in [5.41, 5.74) is 1.98. The van der Waals surface area contributed by atoms with Crippen molar-refractivity contribution in [3.8, 4) is 11.5 Å². The largest absolute Gasteiger partial charge is 0.486 e.